The van der Waals surface area contributed by atoms with E-state index in [-0.39, 0.29) is 52.1 Å². The molecule has 0 spiro atoms. The van der Waals surface area contributed by atoms with Crippen LogP contribution in [0.25, 0.3) is 11.2 Å². The number of aliphatic hydroxyl groups excluding tert-OH is 1. The molecule has 1 fully saturated rings. The Bertz CT molecular complexity index is 1180. The van der Waals surface area contributed by atoms with Gasteiger partial charge in [-0.1, -0.05) is 23.5 Å². The zero-order chi connectivity index (χ0) is 27.2. The normalized spacial score (nSPS) is 22.1. The van der Waals surface area contributed by atoms with Crippen LogP contribution in [0.4, 0.5) is 5.95 Å². The molecule has 37 heavy (non-hydrogen) atoms. The van der Waals surface area contributed by atoms with Crippen molar-refractivity contribution in [2.45, 2.75) is 38.4 Å². The van der Waals surface area contributed by atoms with Crippen LogP contribution in [0.3, 0.4) is 0 Å². The van der Waals surface area contributed by atoms with E-state index in [4.69, 9.17) is 28.8 Å². The van der Waals surface area contributed by atoms with Crippen LogP contribution in [-0.4, -0.2) is 91.6 Å². The number of nitrogens with two attached hydrogens (primary N) is 1. The summed E-state index contributed by atoms with van der Waals surface area (Å²) in [6.07, 6.45) is -2.91. The average Bonchev–Trinajstić information content (AvgIpc) is 3.38. The highest BCUT2D eigenvalue weighted by Gasteiger charge is 2.47. The molecule has 0 amide bonds. The Morgan fingerprint density at radius 1 is 1.22 bits per heavy atom. The summed E-state index contributed by atoms with van der Waals surface area (Å²) < 4.78 is 42.0. The summed E-state index contributed by atoms with van der Waals surface area (Å²) in [6, 6.07) is 0. The molecule has 206 valence electrons. The summed E-state index contributed by atoms with van der Waals surface area (Å²) >= 11 is 1.96. The van der Waals surface area contributed by atoms with E-state index < -0.39 is 44.5 Å². The van der Waals surface area contributed by atoms with E-state index in [9.17, 15) is 24.1 Å². The van der Waals surface area contributed by atoms with Gasteiger partial charge in [-0.15, -0.1) is 0 Å². The van der Waals surface area contributed by atoms with E-state index in [1.165, 1.54) is 31.9 Å². The van der Waals surface area contributed by atoms with Crippen LogP contribution in [-0.2, 0) is 37.2 Å². The van der Waals surface area contributed by atoms with Crippen molar-refractivity contribution in [1.29, 1.82) is 0 Å². The number of aromatic amines is 1. The zero-order valence-electron chi connectivity index (χ0n) is 20.2. The molecule has 0 aromatic carbocycles. The van der Waals surface area contributed by atoms with Crippen molar-refractivity contribution in [1.82, 2.24) is 19.5 Å². The van der Waals surface area contributed by atoms with Gasteiger partial charge in [0.05, 0.1) is 26.1 Å². The van der Waals surface area contributed by atoms with E-state index in [1.807, 2.05) is 0 Å². The molecule has 1 aliphatic heterocycles. The first-order chi connectivity index (χ1) is 17.5. The number of hydrogen-bond donors (Lipinski definition) is 3. The number of thioether (sulfide) groups is 2. The molecule has 3 rings (SSSR count). The number of anilines is 1. The number of fused-ring (bicyclic) bond motifs is 1. The molecule has 2 aromatic heterocycles. The molecule has 0 unspecified atom stereocenters. The van der Waals surface area contributed by atoms with Crippen LogP contribution >= 0.6 is 31.3 Å². The number of ether oxygens (including phenoxy) is 2. The van der Waals surface area contributed by atoms with E-state index >= 15 is 0 Å². The Labute approximate surface area is 219 Å². The number of aliphatic hydroxyl groups is 1. The van der Waals surface area contributed by atoms with Gasteiger partial charge in [0, 0.05) is 32.5 Å². The molecular weight excluding hydrogens is 553 g/mol. The number of methoxy groups -OCH3 is 1. The topological polar surface area (TPSA) is 207 Å². The summed E-state index contributed by atoms with van der Waals surface area (Å²) in [5, 5.41) is 10.5. The van der Waals surface area contributed by atoms with E-state index in [0.29, 0.717) is 0 Å². The van der Waals surface area contributed by atoms with E-state index in [0.717, 1.165) is 23.5 Å². The number of carbonyl (C=O) groups is 2. The third-order valence-corrected chi connectivity index (χ3v) is 8.00. The summed E-state index contributed by atoms with van der Waals surface area (Å²) in [5.74, 6) is 0.300. The highest BCUT2D eigenvalue weighted by molar-refractivity contribution is 8.13. The minimum absolute atomic E-state index is 0.0139. The summed E-state index contributed by atoms with van der Waals surface area (Å²) in [6.45, 7) is 2.14. The van der Waals surface area contributed by atoms with Gasteiger partial charge in [-0.2, -0.15) is 4.98 Å². The number of hydrogen-bond acceptors (Lipinski definition) is 15. The number of nitrogen functional groups attached to an aromatic ring is 1. The molecule has 0 saturated carbocycles. The predicted octanol–water partition coefficient (Wildman–Crippen LogP) is 0.692. The Hall–Kier alpha value is -1.82. The maximum Gasteiger partial charge on any atom is 0.474 e. The lowest BCUT2D eigenvalue weighted by Gasteiger charge is -2.21. The first-order valence-electron chi connectivity index (χ1n) is 10.9. The van der Waals surface area contributed by atoms with Crippen LogP contribution in [0.2, 0.25) is 0 Å². The number of carbonyl (C=O) groups excluding carboxylic acids is 2. The number of phosphoric ester groups is 1. The number of H-pyrrole nitrogens is 1. The van der Waals surface area contributed by atoms with Crippen LogP contribution in [0.1, 0.15) is 20.1 Å². The highest BCUT2D eigenvalue weighted by atomic mass is 32.2. The number of phosphoric acid groups is 1. The summed E-state index contributed by atoms with van der Waals surface area (Å²) in [7, 11) is -2.79. The molecule has 0 radical (unpaired) electrons. The van der Waals surface area contributed by atoms with Gasteiger partial charge in [-0.3, -0.25) is 37.5 Å². The largest absolute Gasteiger partial charge is 0.474 e. The second kappa shape index (κ2) is 13.3. The van der Waals surface area contributed by atoms with Crippen molar-refractivity contribution < 1.29 is 42.3 Å². The molecule has 0 bridgehead atoms. The molecule has 15 nitrogen and oxygen atoms in total. The maximum absolute atomic E-state index is 13.2. The van der Waals surface area contributed by atoms with Gasteiger partial charge in [0.15, 0.2) is 27.6 Å². The fourth-order valence-corrected chi connectivity index (χ4v) is 5.75. The van der Waals surface area contributed by atoms with Gasteiger partial charge in [-0.25, -0.2) is 9.55 Å². The first kappa shape index (κ1) is 29.7. The van der Waals surface area contributed by atoms with E-state index in [2.05, 4.69) is 15.0 Å². The standard InChI is InChI=1S/C19H28N5O10PS2/c1-10(25)36-6-4-31-35(29,32-5-7-37-11(2)26)33-8-12-14(27)15(30-3)18(34-12)24-9-21-13-16(24)22-19(20)23-17(13)28/h9,12,14-15,18,27H,4-8H2,1-3H3,(H3,20,22,23,28)/t12-,14-,15-,18-/m1/s1. The Balaban J connectivity index is 1.71. The van der Waals surface area contributed by atoms with Crippen LogP contribution in [0.5, 0.6) is 0 Å². The van der Waals surface area contributed by atoms with Crippen molar-refractivity contribution in [3.63, 3.8) is 0 Å². The Morgan fingerprint density at radius 3 is 2.41 bits per heavy atom. The molecule has 18 heteroatoms. The molecule has 1 saturated heterocycles. The number of nitrogens with zero attached hydrogens (tertiary/aromatic N) is 3. The van der Waals surface area contributed by atoms with Crippen LogP contribution < -0.4 is 11.3 Å². The molecule has 4 N–H and O–H groups in total. The minimum Gasteiger partial charge on any atom is -0.387 e. The van der Waals surface area contributed by atoms with Crippen molar-refractivity contribution in [2.24, 2.45) is 0 Å². The zero-order valence-corrected chi connectivity index (χ0v) is 22.8. The molecule has 4 atom stereocenters. The average molecular weight is 582 g/mol. The Kier molecular flexibility index (Phi) is 10.7. The SMILES string of the molecule is CO[C@@H]1[C@H](O)[C@@H](COP(=O)(OCCSC(C)=O)OCCSC(C)=O)O[C@H]1n1cnc2c(=O)[nH]c(N)nc21. The van der Waals surface area contributed by atoms with Gasteiger partial charge in [0.2, 0.25) is 5.95 Å². The van der Waals surface area contributed by atoms with Crippen molar-refractivity contribution >= 4 is 58.7 Å². The lowest BCUT2D eigenvalue weighted by Crippen LogP contribution is -2.35. The lowest BCUT2D eigenvalue weighted by molar-refractivity contribution is -0.109. The molecular formula is C19H28N5O10PS2. The van der Waals surface area contributed by atoms with Gasteiger partial charge >= 0.3 is 7.82 Å². The van der Waals surface area contributed by atoms with Crippen molar-refractivity contribution in [3.8, 4) is 0 Å². The van der Waals surface area contributed by atoms with Gasteiger partial charge in [0.1, 0.15) is 18.3 Å². The second-order valence-corrected chi connectivity index (χ2v) is 11.8. The Morgan fingerprint density at radius 2 is 1.84 bits per heavy atom. The third-order valence-electron chi connectivity index (χ3n) is 4.98. The quantitative estimate of drug-likeness (QED) is 0.220. The fraction of sp³-hybridized carbons (Fsp3) is 0.632. The van der Waals surface area contributed by atoms with Gasteiger partial charge < -0.3 is 20.3 Å². The van der Waals surface area contributed by atoms with Crippen LogP contribution in [0.15, 0.2) is 11.1 Å². The number of nitrogens with one attached hydrogen (secondary N) is 1. The van der Waals surface area contributed by atoms with Crippen LogP contribution in [0, 0.1) is 0 Å². The maximum atomic E-state index is 13.2. The molecule has 0 aliphatic carbocycles. The molecule has 1 aliphatic rings. The summed E-state index contributed by atoms with van der Waals surface area (Å²) in [4.78, 5) is 44.9. The highest BCUT2D eigenvalue weighted by Crippen LogP contribution is 2.50. The second-order valence-electron chi connectivity index (χ2n) is 7.62. The third kappa shape index (κ3) is 7.84. The number of aromatic nitrogens is 4. The number of imidazole rings is 1. The molecule has 3 heterocycles. The van der Waals surface area contributed by atoms with Gasteiger partial charge in [0.25, 0.3) is 5.56 Å². The smallest absolute Gasteiger partial charge is 0.387 e. The lowest BCUT2D eigenvalue weighted by atomic mass is 10.1. The molecule has 2 aromatic rings. The van der Waals surface area contributed by atoms with Gasteiger partial charge in [-0.05, 0) is 0 Å². The fourth-order valence-electron chi connectivity index (χ4n) is 3.41. The summed E-state index contributed by atoms with van der Waals surface area (Å²) in [5.41, 5.74) is 5.24. The van der Waals surface area contributed by atoms with Crippen molar-refractivity contribution in [3.05, 3.63) is 16.7 Å². The van der Waals surface area contributed by atoms with E-state index in [1.54, 1.807) is 0 Å². The predicted molar refractivity (Wildman–Crippen MR) is 135 cm³/mol. The number of rotatable bonds is 13. The first-order valence-corrected chi connectivity index (χ1v) is 14.4. The minimum atomic E-state index is -4.15. The van der Waals surface area contributed by atoms with Crippen molar-refractivity contribution in [2.75, 3.05) is 44.2 Å². The monoisotopic (exact) mass is 581 g/mol.